The summed E-state index contributed by atoms with van der Waals surface area (Å²) in [6.45, 7) is 3.65. The van der Waals surface area contributed by atoms with Crippen molar-refractivity contribution in [3.05, 3.63) is 12.2 Å². The van der Waals surface area contributed by atoms with Crippen molar-refractivity contribution >= 4 is 5.97 Å². The van der Waals surface area contributed by atoms with Gasteiger partial charge in [-0.25, -0.2) is 0 Å². The van der Waals surface area contributed by atoms with E-state index in [1.807, 2.05) is 0 Å². The molecule has 0 radical (unpaired) electrons. The van der Waals surface area contributed by atoms with E-state index in [1.165, 1.54) is 96.3 Å². The van der Waals surface area contributed by atoms with Gasteiger partial charge in [-0.1, -0.05) is 135 Å². The molecule has 14 nitrogen and oxygen atoms in total. The van der Waals surface area contributed by atoms with E-state index in [-0.39, 0.29) is 25.6 Å². The van der Waals surface area contributed by atoms with Crippen LogP contribution in [0.25, 0.3) is 0 Å². The number of ether oxygens (including phenoxy) is 6. The lowest BCUT2D eigenvalue weighted by atomic mass is 9.98. The number of hydrogen-bond donors (Lipinski definition) is 7. The lowest BCUT2D eigenvalue weighted by Crippen LogP contribution is -2.61. The van der Waals surface area contributed by atoms with Crippen molar-refractivity contribution in [2.75, 3.05) is 33.0 Å². The van der Waals surface area contributed by atoms with Crippen LogP contribution in [0.2, 0.25) is 0 Å². The first kappa shape index (κ1) is 53.9. The summed E-state index contributed by atoms with van der Waals surface area (Å²) in [4.78, 5) is 12.9. The molecule has 2 rings (SSSR count). The molecular weight excluding hydrogens is 764 g/mol. The standard InChI is InChI=1S/C45H84O14/c1-3-5-7-9-11-13-15-16-17-18-19-21-23-25-27-29-54-31-34(57-37(47)28-26-24-22-20-14-12-10-8-6-4-2)32-55-44-43(53)41(51)39(49)36(59-44)33-56-45-42(52)40(50)38(48)35(30-46)58-45/h15-16,34-36,38-46,48-53H,3-14,17-33H2,1-2H3/b16-15-. The molecule has 2 aliphatic heterocycles. The molecule has 0 saturated carbocycles. The minimum Gasteiger partial charge on any atom is -0.457 e. The van der Waals surface area contributed by atoms with Gasteiger partial charge in [0, 0.05) is 13.0 Å². The number of carbonyl (C=O) groups is 1. The number of allylic oxidation sites excluding steroid dienone is 2. The first-order valence-corrected chi connectivity index (χ1v) is 23.3. The topological polar surface area (TPSA) is 214 Å². The summed E-state index contributed by atoms with van der Waals surface area (Å²) in [5, 5.41) is 71.9. The zero-order valence-corrected chi connectivity index (χ0v) is 36.5. The molecule has 0 amide bonds. The Balaban J connectivity index is 1.80. The summed E-state index contributed by atoms with van der Waals surface area (Å²) >= 11 is 0. The predicted octanol–water partition coefficient (Wildman–Crippen LogP) is 5.51. The van der Waals surface area contributed by atoms with Crippen LogP contribution in [0.5, 0.6) is 0 Å². The minimum absolute atomic E-state index is 0.0619. The molecule has 2 fully saturated rings. The Kier molecular flexibility index (Phi) is 31.3. The van der Waals surface area contributed by atoms with Crippen LogP contribution in [0, 0.1) is 0 Å². The molecule has 348 valence electrons. The van der Waals surface area contributed by atoms with Gasteiger partial charge in [-0.2, -0.15) is 0 Å². The average molecular weight is 849 g/mol. The Morgan fingerprint density at radius 2 is 1.00 bits per heavy atom. The molecule has 0 bridgehead atoms. The van der Waals surface area contributed by atoms with E-state index in [1.54, 1.807) is 0 Å². The molecular formula is C45H84O14. The molecule has 59 heavy (non-hydrogen) atoms. The second-order valence-corrected chi connectivity index (χ2v) is 16.6. The van der Waals surface area contributed by atoms with E-state index in [9.17, 15) is 40.5 Å². The molecule has 14 heteroatoms. The zero-order chi connectivity index (χ0) is 43.1. The largest absolute Gasteiger partial charge is 0.457 e. The number of hydrogen-bond acceptors (Lipinski definition) is 14. The van der Waals surface area contributed by atoms with Crippen LogP contribution in [-0.4, -0.2) is 142 Å². The van der Waals surface area contributed by atoms with E-state index in [4.69, 9.17) is 28.4 Å². The van der Waals surface area contributed by atoms with Crippen LogP contribution in [-0.2, 0) is 33.2 Å². The quantitative estimate of drug-likeness (QED) is 0.0235. The third-order valence-corrected chi connectivity index (χ3v) is 11.3. The van der Waals surface area contributed by atoms with E-state index >= 15 is 0 Å². The van der Waals surface area contributed by atoms with Crippen LogP contribution in [0.4, 0.5) is 0 Å². The van der Waals surface area contributed by atoms with E-state index in [0.29, 0.717) is 13.0 Å². The maximum Gasteiger partial charge on any atom is 0.306 e. The van der Waals surface area contributed by atoms with E-state index in [2.05, 4.69) is 26.0 Å². The molecule has 2 heterocycles. The number of aliphatic hydroxyl groups excluding tert-OH is 7. The predicted molar refractivity (Wildman–Crippen MR) is 224 cm³/mol. The molecule has 7 N–H and O–H groups in total. The molecule has 2 saturated heterocycles. The van der Waals surface area contributed by atoms with Crippen molar-refractivity contribution in [3.63, 3.8) is 0 Å². The molecule has 0 aliphatic carbocycles. The first-order valence-electron chi connectivity index (χ1n) is 23.3. The van der Waals surface area contributed by atoms with Gasteiger partial charge >= 0.3 is 5.97 Å². The summed E-state index contributed by atoms with van der Waals surface area (Å²) in [6, 6.07) is 0. The molecule has 0 spiro atoms. The third kappa shape index (κ3) is 23.1. The third-order valence-electron chi connectivity index (χ3n) is 11.3. The van der Waals surface area contributed by atoms with Crippen molar-refractivity contribution in [2.24, 2.45) is 0 Å². The Hall–Kier alpha value is -1.27. The SMILES string of the molecule is CCCCCCC/C=C\CCCCCCCCOCC(COC1OC(COC2OC(CO)C(O)C(O)C2O)C(O)C(O)C1O)OC(=O)CCCCCCCCCCCC. The number of esters is 1. The van der Waals surface area contributed by atoms with Gasteiger partial charge in [-0.15, -0.1) is 0 Å². The maximum absolute atomic E-state index is 12.9. The number of rotatable bonds is 36. The highest BCUT2D eigenvalue weighted by atomic mass is 16.7. The monoisotopic (exact) mass is 849 g/mol. The van der Waals surface area contributed by atoms with Gasteiger partial charge in [0.25, 0.3) is 0 Å². The van der Waals surface area contributed by atoms with E-state index < -0.39 is 80.7 Å². The highest BCUT2D eigenvalue weighted by molar-refractivity contribution is 5.69. The molecule has 2 aliphatic rings. The van der Waals surface area contributed by atoms with Gasteiger partial charge in [0.05, 0.1) is 26.4 Å². The van der Waals surface area contributed by atoms with Crippen LogP contribution < -0.4 is 0 Å². The van der Waals surface area contributed by atoms with Crippen molar-refractivity contribution in [1.82, 2.24) is 0 Å². The van der Waals surface area contributed by atoms with Crippen molar-refractivity contribution in [1.29, 1.82) is 0 Å². The molecule has 0 aromatic rings. The van der Waals surface area contributed by atoms with Gasteiger partial charge < -0.3 is 64.2 Å². The highest BCUT2D eigenvalue weighted by Gasteiger charge is 2.47. The molecule has 0 aromatic carbocycles. The van der Waals surface area contributed by atoms with E-state index in [0.717, 1.165) is 44.9 Å². The fourth-order valence-electron chi connectivity index (χ4n) is 7.40. The smallest absolute Gasteiger partial charge is 0.306 e. The Bertz CT molecular complexity index is 1030. The van der Waals surface area contributed by atoms with Crippen LogP contribution >= 0.6 is 0 Å². The Labute approximate surface area is 354 Å². The lowest BCUT2D eigenvalue weighted by Gasteiger charge is -2.42. The fraction of sp³-hybridized carbons (Fsp3) is 0.933. The summed E-state index contributed by atoms with van der Waals surface area (Å²) in [5.41, 5.74) is 0. The van der Waals surface area contributed by atoms with Crippen LogP contribution in [0.1, 0.15) is 168 Å². The average Bonchev–Trinajstić information content (AvgIpc) is 3.23. The normalized spacial score (nSPS) is 28.0. The van der Waals surface area contributed by atoms with Crippen molar-refractivity contribution in [3.8, 4) is 0 Å². The van der Waals surface area contributed by atoms with Gasteiger partial charge in [-0.05, 0) is 38.5 Å². The highest BCUT2D eigenvalue weighted by Crippen LogP contribution is 2.26. The summed E-state index contributed by atoms with van der Waals surface area (Å²) < 4.78 is 34.1. The minimum atomic E-state index is -1.70. The van der Waals surface area contributed by atoms with Gasteiger partial charge in [0.2, 0.25) is 0 Å². The number of carbonyl (C=O) groups excluding carboxylic acids is 1. The first-order chi connectivity index (χ1) is 28.6. The molecule has 0 aromatic heterocycles. The number of aliphatic hydroxyl groups is 7. The molecule has 11 unspecified atom stereocenters. The van der Waals surface area contributed by atoms with Gasteiger partial charge in [0.15, 0.2) is 12.6 Å². The second kappa shape index (κ2) is 34.2. The molecule has 11 atom stereocenters. The van der Waals surface area contributed by atoms with Crippen molar-refractivity contribution < 1.29 is 69.0 Å². The van der Waals surface area contributed by atoms with Crippen LogP contribution in [0.15, 0.2) is 12.2 Å². The summed E-state index contributed by atoms with van der Waals surface area (Å²) in [6.07, 6.45) is 15.7. The lowest BCUT2D eigenvalue weighted by molar-refractivity contribution is -0.332. The fourth-order valence-corrected chi connectivity index (χ4v) is 7.40. The summed E-state index contributed by atoms with van der Waals surface area (Å²) in [5.74, 6) is -0.380. The Morgan fingerprint density at radius 3 is 1.54 bits per heavy atom. The van der Waals surface area contributed by atoms with Gasteiger partial charge in [0.1, 0.15) is 54.9 Å². The van der Waals surface area contributed by atoms with Crippen LogP contribution in [0.3, 0.4) is 0 Å². The summed E-state index contributed by atoms with van der Waals surface area (Å²) in [7, 11) is 0. The van der Waals surface area contributed by atoms with Gasteiger partial charge in [-0.3, -0.25) is 4.79 Å². The van der Waals surface area contributed by atoms with Crippen molar-refractivity contribution in [2.45, 2.75) is 235 Å². The zero-order valence-electron chi connectivity index (χ0n) is 36.5. The second-order valence-electron chi connectivity index (χ2n) is 16.6. The Morgan fingerprint density at radius 1 is 0.542 bits per heavy atom. The maximum atomic E-state index is 12.9. The number of unbranched alkanes of at least 4 members (excludes halogenated alkanes) is 20.